The highest BCUT2D eigenvalue weighted by atomic mass is 32.7. The van der Waals surface area contributed by atoms with E-state index in [-0.39, 0.29) is 99.7 Å². The number of carbonyl (C=O) groups is 9. The number of ether oxygens (including phenoxy) is 11. The van der Waals surface area contributed by atoms with Crippen molar-refractivity contribution in [1.29, 1.82) is 0 Å². The molecule has 0 unspecified atom stereocenters. The van der Waals surface area contributed by atoms with Crippen LogP contribution in [0.15, 0.2) is 90.4 Å². The number of nitrogens with one attached hydrogen (secondary N) is 7. The van der Waals surface area contributed by atoms with Crippen molar-refractivity contribution >= 4 is 114 Å². The molecule has 2 bridgehead atoms. The number of anilines is 2. The Kier molecular flexibility index (Phi) is 36.9. The second kappa shape index (κ2) is 46.7. The number of benzene rings is 2. The minimum absolute atomic E-state index is 0.0334. The van der Waals surface area contributed by atoms with Crippen LogP contribution in [0.5, 0.6) is 5.88 Å². The highest BCUT2D eigenvalue weighted by Crippen LogP contribution is 2.60. The van der Waals surface area contributed by atoms with Gasteiger partial charge in [-0.15, -0.1) is 0 Å². The quantitative estimate of drug-likeness (QED) is 0.0116. The maximum Gasteiger partial charge on any atom is 0.410 e. The van der Waals surface area contributed by atoms with Gasteiger partial charge in [0.2, 0.25) is 41.4 Å². The lowest BCUT2D eigenvalue weighted by molar-refractivity contribution is -0.141. The Bertz CT molecular complexity index is 4370. The van der Waals surface area contributed by atoms with E-state index in [1.807, 2.05) is 0 Å². The molecule has 5 aromatic rings. The molecular formula is C72H98N14O28P2S2. The Morgan fingerprint density at radius 1 is 0.703 bits per heavy atom. The van der Waals surface area contributed by atoms with E-state index in [0.29, 0.717) is 88.7 Å². The number of hydrogen-bond donors (Lipinski definition) is 10. The summed E-state index contributed by atoms with van der Waals surface area (Å²) in [6.07, 6.45) is -2.08. The second-order valence-corrected chi connectivity index (χ2v) is 33.0. The molecule has 1 aliphatic carbocycles. The molecule has 9 rings (SSSR count). The Morgan fingerprint density at radius 3 is 1.95 bits per heavy atom. The topological polar surface area (TPSA) is 514 Å². The van der Waals surface area contributed by atoms with E-state index in [1.54, 1.807) is 57.4 Å². The highest BCUT2D eigenvalue weighted by Gasteiger charge is 2.51. The summed E-state index contributed by atoms with van der Waals surface area (Å²) in [5, 5.41) is 27.0. The SMILES string of the molecule is COCCOCCOCCOCCOCCOCCOCCOCCC(=O)NC[C@H](NC(=O)CN1C(=O)C=CC1=O)C(=O)N[C@H](C(=O)N[C@@H](C)C(=O)Nc1ccc(COC(=O)N(C)Cc2ccccc2C(=O)Nc2nc3c(ncn3[C@@H]3O[C@@H]4CO[P@@](=O)(S)O[C@H]5C[C@H](Oc6ccncn6)C[C@@H]5CO[P@@](=O)(S)O[C@@H]3[C@@H]4O)c(=O)[nH]2)cc1)C(C)C. The lowest BCUT2D eigenvalue weighted by Crippen LogP contribution is -2.60. The van der Waals surface area contributed by atoms with Crippen molar-refractivity contribution in [1.82, 2.24) is 60.6 Å². The molecule has 118 heavy (non-hydrogen) atoms. The summed E-state index contributed by atoms with van der Waals surface area (Å²) < 4.78 is 113. The first-order chi connectivity index (χ1) is 56.6. The second-order valence-electron chi connectivity index (χ2n) is 27.3. The summed E-state index contributed by atoms with van der Waals surface area (Å²) in [5.74, 6) is -7.47. The molecule has 0 spiro atoms. The van der Waals surface area contributed by atoms with Crippen LogP contribution in [-0.4, -0.2) is 286 Å². The average Bonchev–Trinajstić information content (AvgIpc) is 1.61. The van der Waals surface area contributed by atoms with E-state index in [4.69, 9.17) is 70.2 Å². The van der Waals surface area contributed by atoms with Crippen LogP contribution in [0.1, 0.15) is 67.7 Å². The molecule has 4 aliphatic rings. The number of imide groups is 1. The molecule has 2 saturated heterocycles. The molecule has 9 amide bonds. The smallest absolute Gasteiger partial charge is 0.410 e. The maximum absolute atomic E-state index is 14.1. The molecule has 3 fully saturated rings. The molecule has 42 nitrogen and oxygen atoms in total. The Balaban J connectivity index is 0.699. The zero-order chi connectivity index (χ0) is 84.7. The van der Waals surface area contributed by atoms with Gasteiger partial charge in [0, 0.05) is 81.7 Å². The lowest BCUT2D eigenvalue weighted by Gasteiger charge is -2.27. The Labute approximate surface area is 687 Å². The van der Waals surface area contributed by atoms with Gasteiger partial charge in [-0.25, -0.2) is 28.9 Å². The number of hydrogen-bond acceptors (Lipinski definition) is 32. The van der Waals surface area contributed by atoms with E-state index in [0.717, 1.165) is 18.5 Å². The zero-order valence-corrected chi connectivity index (χ0v) is 68.9. The number of thiol groups is 2. The minimum atomic E-state index is -4.41. The van der Waals surface area contributed by atoms with Crippen molar-refractivity contribution in [3.63, 3.8) is 0 Å². The molecule has 3 aliphatic heterocycles. The van der Waals surface area contributed by atoms with Gasteiger partial charge >= 0.3 is 19.7 Å². The molecule has 12 atom stereocenters. The molecule has 0 radical (unpaired) electrons. The van der Waals surface area contributed by atoms with E-state index < -0.39 is 159 Å². The fourth-order valence-electron chi connectivity index (χ4n) is 12.0. The number of aliphatic hydroxyl groups excluding tert-OH is 1. The zero-order valence-electron chi connectivity index (χ0n) is 65.3. The third kappa shape index (κ3) is 29.3. The van der Waals surface area contributed by atoms with Gasteiger partial charge in [-0.3, -0.25) is 76.5 Å². The van der Waals surface area contributed by atoms with Gasteiger partial charge < -0.3 is 93.2 Å². The van der Waals surface area contributed by atoms with Crippen molar-refractivity contribution in [3.8, 4) is 5.88 Å². The maximum atomic E-state index is 14.1. The first kappa shape index (κ1) is 93.1. The third-order valence-electron chi connectivity index (χ3n) is 18.1. The van der Waals surface area contributed by atoms with Gasteiger partial charge in [0.25, 0.3) is 23.3 Å². The fourth-order valence-corrected chi connectivity index (χ4v) is 15.1. The largest absolute Gasteiger partial charge is 0.474 e. The van der Waals surface area contributed by atoms with Gasteiger partial charge in [-0.05, 0) is 48.6 Å². The Morgan fingerprint density at radius 2 is 1.32 bits per heavy atom. The van der Waals surface area contributed by atoms with Crippen molar-refractivity contribution in [3.05, 3.63) is 113 Å². The van der Waals surface area contributed by atoms with E-state index in [2.05, 4.69) is 81.3 Å². The number of aromatic nitrogens is 6. The molecule has 46 heteroatoms. The number of aliphatic hydroxyl groups is 1. The average molecular weight is 1730 g/mol. The molecule has 2 aromatic carbocycles. The number of methoxy groups -OCH3 is 1. The first-order valence-corrected chi connectivity index (χ1v) is 43.0. The molecule has 6 heterocycles. The van der Waals surface area contributed by atoms with Crippen LogP contribution in [0.25, 0.3) is 11.2 Å². The van der Waals surface area contributed by atoms with Gasteiger partial charge in [0.1, 0.15) is 62.0 Å². The summed E-state index contributed by atoms with van der Waals surface area (Å²) in [7, 11) is 3.04. The minimum Gasteiger partial charge on any atom is -0.474 e. The molecule has 8 N–H and O–H groups in total. The van der Waals surface area contributed by atoms with Crippen LogP contribution in [0.4, 0.5) is 16.4 Å². The van der Waals surface area contributed by atoms with Crippen LogP contribution in [0.3, 0.4) is 0 Å². The summed E-state index contributed by atoms with van der Waals surface area (Å²) in [6, 6.07) is 9.97. The normalized spacial score (nSPS) is 22.0. The van der Waals surface area contributed by atoms with E-state index >= 15 is 0 Å². The van der Waals surface area contributed by atoms with Gasteiger partial charge in [0.05, 0.1) is 125 Å². The van der Waals surface area contributed by atoms with Crippen molar-refractivity contribution in [2.75, 3.05) is 150 Å². The summed E-state index contributed by atoms with van der Waals surface area (Å²) in [5.41, 5.74) is -0.108. The van der Waals surface area contributed by atoms with Crippen molar-refractivity contribution < 1.29 is 128 Å². The number of aromatic amines is 1. The lowest BCUT2D eigenvalue weighted by atomic mass is 10.0. The number of nitrogens with zero attached hydrogens (tertiary/aromatic N) is 7. The number of imidazole rings is 1. The molecular weight excluding hydrogens is 1630 g/mol. The highest BCUT2D eigenvalue weighted by molar-refractivity contribution is 8.44. The fraction of sp³-hybridized carbons (Fsp3) is 0.556. The van der Waals surface area contributed by atoms with Crippen LogP contribution in [0, 0.1) is 11.8 Å². The number of rotatable bonds is 45. The van der Waals surface area contributed by atoms with Crippen LogP contribution in [0.2, 0.25) is 0 Å². The van der Waals surface area contributed by atoms with Crippen LogP contribution < -0.4 is 42.2 Å². The summed E-state index contributed by atoms with van der Waals surface area (Å²) in [4.78, 5) is 154. The first-order valence-electron chi connectivity index (χ1n) is 37.6. The van der Waals surface area contributed by atoms with Gasteiger partial charge in [-0.2, -0.15) is 4.98 Å². The van der Waals surface area contributed by atoms with Crippen LogP contribution in [-0.2, 0) is 121 Å². The van der Waals surface area contributed by atoms with E-state index in [1.165, 1.54) is 54.2 Å². The van der Waals surface area contributed by atoms with Gasteiger partial charge in [0.15, 0.2) is 17.4 Å². The van der Waals surface area contributed by atoms with Crippen molar-refractivity contribution in [2.45, 2.75) is 108 Å². The standard InChI is InChI=1S/C72H98N14O28P2S2/c1-44(2)60(80-67(94)52(79-56(88)38-85-58(89)14-15-59(85)90)36-74-55(87)17-19-101-22-23-103-26-27-105-30-31-107-33-32-106-29-28-104-25-24-102-21-20-100-5)68(95)77-45(3)65(92)78-49-12-10-46(11-13-49)39-108-72(97)84(4)37-47-8-6-7-9-51(47)66(93)82-71-81-64-61(69(96)83-71)76-43-86(64)70-63-62(91)54(112-70)41-110-115(98,117)113-53-35-50(111-57-16-18-73-42-75-57)34-48(53)40-109-116(99,118)114-63/h6-16,18,42-45,48,50,52-54,60,62-63,70,91H,17,19-41H2,1-5H3,(H,74,87)(H,77,95)(H,78,92)(H,79,88)(H,80,94)(H,98,117)(H,99,118)(H2,81,82,83,93,96)/t45-,48+,50+,52-,53-,54+,60-,62+,63+,70+,115+,116+/m0/s1. The molecule has 646 valence electrons. The molecule has 1 saturated carbocycles. The van der Waals surface area contributed by atoms with Crippen LogP contribution >= 0.6 is 38.1 Å². The Hall–Kier alpha value is -8.76. The predicted molar refractivity (Wildman–Crippen MR) is 421 cm³/mol. The van der Waals surface area contributed by atoms with Gasteiger partial charge in [-0.1, -0.05) is 68.7 Å². The molecule has 3 aromatic heterocycles. The number of amides is 9. The summed E-state index contributed by atoms with van der Waals surface area (Å²) >= 11 is 8.44. The third-order valence-corrected chi connectivity index (χ3v) is 21.4. The monoisotopic (exact) mass is 1730 g/mol. The summed E-state index contributed by atoms with van der Waals surface area (Å²) in [6.45, 7) is -1.20. The predicted octanol–water partition coefficient (Wildman–Crippen LogP) is 2.20. The number of fused-ring (bicyclic) bond motifs is 4. The number of carbonyl (C=O) groups excluding carboxylic acids is 9. The van der Waals surface area contributed by atoms with Crippen molar-refractivity contribution in [2.24, 2.45) is 11.8 Å². The number of H-pyrrole nitrogens is 1. The van der Waals surface area contributed by atoms with E-state index in [9.17, 15) is 62.2 Å².